The van der Waals surface area contributed by atoms with Crippen molar-refractivity contribution in [1.82, 2.24) is 15.5 Å². The molecule has 0 amide bonds. The largest absolute Gasteiger partial charge is 0.309 e. The Morgan fingerprint density at radius 3 is 2.53 bits per heavy atom. The molecule has 0 saturated carbocycles. The quantitative estimate of drug-likeness (QED) is 0.906. The molecule has 0 spiro atoms. The normalized spacial score (nSPS) is 12.7. The van der Waals surface area contributed by atoms with Gasteiger partial charge in [-0.1, -0.05) is 0 Å². The summed E-state index contributed by atoms with van der Waals surface area (Å²) in [5, 5.41) is 13.8. The van der Waals surface area contributed by atoms with Crippen LogP contribution in [0.1, 0.15) is 33.4 Å². The van der Waals surface area contributed by atoms with Gasteiger partial charge in [-0.25, -0.2) is 0 Å². The van der Waals surface area contributed by atoms with Gasteiger partial charge in [0.05, 0.1) is 17.4 Å². The number of aryl methyl sites for hydroxylation is 3. The summed E-state index contributed by atoms with van der Waals surface area (Å²) in [6, 6.07) is 4.53. The van der Waals surface area contributed by atoms with E-state index in [-0.39, 0.29) is 6.04 Å². The summed E-state index contributed by atoms with van der Waals surface area (Å²) in [4.78, 5) is 1.33. The van der Waals surface area contributed by atoms with Gasteiger partial charge in [-0.2, -0.15) is 10.2 Å². The lowest BCUT2D eigenvalue weighted by atomic mass is 10.00. The minimum Gasteiger partial charge on any atom is -0.309 e. The molecular weight excluding hydrogens is 230 g/mol. The monoisotopic (exact) mass is 247 g/mol. The maximum absolute atomic E-state index is 4.19. The number of hydrogen-bond donors (Lipinski definition) is 1. The number of nitrogens with zero attached hydrogens (tertiary/aromatic N) is 2. The first-order chi connectivity index (χ1) is 8.11. The van der Waals surface area contributed by atoms with E-state index in [0.717, 1.165) is 11.4 Å². The van der Waals surface area contributed by atoms with Gasteiger partial charge in [0.2, 0.25) is 0 Å². The number of hydrogen-bond acceptors (Lipinski definition) is 4. The summed E-state index contributed by atoms with van der Waals surface area (Å²) >= 11 is 1.78. The predicted molar refractivity (Wildman–Crippen MR) is 71.5 cm³/mol. The lowest BCUT2D eigenvalue weighted by molar-refractivity contribution is 0.677. The number of rotatable bonds is 3. The zero-order chi connectivity index (χ0) is 12.4. The fraction of sp³-hybridized carbons (Fsp3) is 0.385. The van der Waals surface area contributed by atoms with Crippen LogP contribution >= 0.6 is 11.3 Å². The summed E-state index contributed by atoms with van der Waals surface area (Å²) in [7, 11) is 1.98. The first kappa shape index (κ1) is 12.2. The van der Waals surface area contributed by atoms with E-state index in [1.54, 1.807) is 11.3 Å². The molecule has 0 bridgehead atoms. The summed E-state index contributed by atoms with van der Waals surface area (Å²) < 4.78 is 0. The number of nitrogens with one attached hydrogen (secondary N) is 1. The fourth-order valence-corrected chi connectivity index (χ4v) is 2.71. The van der Waals surface area contributed by atoms with Gasteiger partial charge < -0.3 is 5.32 Å². The zero-order valence-corrected chi connectivity index (χ0v) is 11.4. The highest BCUT2D eigenvalue weighted by Crippen LogP contribution is 2.27. The molecule has 0 aliphatic rings. The van der Waals surface area contributed by atoms with Crippen LogP contribution in [-0.2, 0) is 0 Å². The molecule has 0 saturated heterocycles. The smallest absolute Gasteiger partial charge is 0.0651 e. The number of aromatic nitrogens is 2. The van der Waals surface area contributed by atoms with Crippen molar-refractivity contribution in [3.63, 3.8) is 0 Å². The van der Waals surface area contributed by atoms with E-state index in [9.17, 15) is 0 Å². The molecule has 0 fully saturated rings. The van der Waals surface area contributed by atoms with E-state index in [1.165, 1.54) is 16.0 Å². The third-order valence-electron chi connectivity index (χ3n) is 2.82. The average Bonchev–Trinajstić information content (AvgIpc) is 2.71. The zero-order valence-electron chi connectivity index (χ0n) is 10.6. The topological polar surface area (TPSA) is 37.8 Å². The Bertz CT molecular complexity index is 519. The third-order valence-corrected chi connectivity index (χ3v) is 3.70. The van der Waals surface area contributed by atoms with Gasteiger partial charge in [0, 0.05) is 4.88 Å². The first-order valence-electron chi connectivity index (χ1n) is 5.65. The molecule has 1 unspecified atom stereocenters. The second-order valence-corrected chi connectivity index (χ2v) is 5.35. The Labute approximate surface area is 106 Å². The Kier molecular flexibility index (Phi) is 3.54. The van der Waals surface area contributed by atoms with Crippen LogP contribution in [-0.4, -0.2) is 17.2 Å². The second-order valence-electron chi connectivity index (χ2n) is 4.24. The maximum Gasteiger partial charge on any atom is 0.0651 e. The standard InChI is InChI=1S/C13H17N3S/c1-8-5-12(10(3)16-15-8)13(14-4)11-6-9(2)17-7-11/h5-7,13-14H,1-4H3. The van der Waals surface area contributed by atoms with Crippen LogP contribution in [0.2, 0.25) is 0 Å². The molecule has 90 valence electrons. The number of thiophene rings is 1. The molecule has 1 atom stereocenters. The second kappa shape index (κ2) is 4.94. The van der Waals surface area contributed by atoms with Crippen LogP contribution in [0.5, 0.6) is 0 Å². The molecule has 17 heavy (non-hydrogen) atoms. The van der Waals surface area contributed by atoms with Crippen molar-refractivity contribution in [2.45, 2.75) is 26.8 Å². The van der Waals surface area contributed by atoms with Crippen LogP contribution < -0.4 is 5.32 Å². The Morgan fingerprint density at radius 1 is 1.18 bits per heavy atom. The molecule has 0 aliphatic carbocycles. The highest BCUT2D eigenvalue weighted by atomic mass is 32.1. The molecule has 0 aromatic carbocycles. The van der Waals surface area contributed by atoms with Crippen LogP contribution in [0.3, 0.4) is 0 Å². The maximum atomic E-state index is 4.19. The minimum absolute atomic E-state index is 0.203. The predicted octanol–water partition coefficient (Wildman–Crippen LogP) is 2.77. The SMILES string of the molecule is CNC(c1csc(C)c1)c1cc(C)nnc1C. The highest BCUT2D eigenvalue weighted by Gasteiger charge is 2.16. The molecule has 0 radical (unpaired) electrons. The third kappa shape index (κ3) is 2.53. The molecule has 4 heteroatoms. The van der Waals surface area contributed by atoms with Gasteiger partial charge in [-0.05, 0) is 56.5 Å². The van der Waals surface area contributed by atoms with Crippen molar-refractivity contribution in [3.05, 3.63) is 44.9 Å². The van der Waals surface area contributed by atoms with Crippen molar-refractivity contribution in [2.75, 3.05) is 7.05 Å². The van der Waals surface area contributed by atoms with Crippen LogP contribution in [0, 0.1) is 20.8 Å². The van der Waals surface area contributed by atoms with E-state index in [4.69, 9.17) is 0 Å². The molecule has 3 nitrogen and oxygen atoms in total. The van der Waals surface area contributed by atoms with E-state index >= 15 is 0 Å². The molecule has 2 rings (SSSR count). The van der Waals surface area contributed by atoms with Crippen molar-refractivity contribution >= 4 is 11.3 Å². The molecule has 2 aromatic rings. The summed E-state index contributed by atoms with van der Waals surface area (Å²) in [6.07, 6.45) is 0. The highest BCUT2D eigenvalue weighted by molar-refractivity contribution is 7.10. The van der Waals surface area contributed by atoms with Crippen molar-refractivity contribution in [1.29, 1.82) is 0 Å². The lowest BCUT2D eigenvalue weighted by Gasteiger charge is -2.17. The molecule has 0 aliphatic heterocycles. The van der Waals surface area contributed by atoms with Gasteiger partial charge in [0.25, 0.3) is 0 Å². The van der Waals surface area contributed by atoms with Gasteiger partial charge >= 0.3 is 0 Å². The van der Waals surface area contributed by atoms with E-state index in [2.05, 4.69) is 40.0 Å². The summed E-state index contributed by atoms with van der Waals surface area (Å²) in [5.74, 6) is 0. The average molecular weight is 247 g/mol. The van der Waals surface area contributed by atoms with Crippen LogP contribution in [0.4, 0.5) is 0 Å². The fourth-order valence-electron chi connectivity index (χ4n) is 1.98. The summed E-state index contributed by atoms with van der Waals surface area (Å²) in [5.41, 5.74) is 4.44. The first-order valence-corrected chi connectivity index (χ1v) is 6.53. The molecule has 2 heterocycles. The van der Waals surface area contributed by atoms with Crippen molar-refractivity contribution in [3.8, 4) is 0 Å². The van der Waals surface area contributed by atoms with Crippen molar-refractivity contribution < 1.29 is 0 Å². The Morgan fingerprint density at radius 2 is 1.94 bits per heavy atom. The Balaban J connectivity index is 2.45. The van der Waals surface area contributed by atoms with E-state index in [1.807, 2.05) is 20.9 Å². The van der Waals surface area contributed by atoms with E-state index < -0.39 is 0 Å². The molecule has 1 N–H and O–H groups in total. The minimum atomic E-state index is 0.203. The van der Waals surface area contributed by atoms with Gasteiger partial charge in [0.1, 0.15) is 0 Å². The van der Waals surface area contributed by atoms with E-state index in [0.29, 0.717) is 0 Å². The summed E-state index contributed by atoms with van der Waals surface area (Å²) in [6.45, 7) is 6.11. The lowest BCUT2D eigenvalue weighted by Crippen LogP contribution is -2.19. The van der Waals surface area contributed by atoms with Gasteiger partial charge in [-0.15, -0.1) is 11.3 Å². The van der Waals surface area contributed by atoms with Crippen LogP contribution in [0.15, 0.2) is 17.5 Å². The van der Waals surface area contributed by atoms with Gasteiger partial charge in [-0.3, -0.25) is 0 Å². The van der Waals surface area contributed by atoms with Crippen molar-refractivity contribution in [2.24, 2.45) is 0 Å². The van der Waals surface area contributed by atoms with Crippen LogP contribution in [0.25, 0.3) is 0 Å². The Hall–Kier alpha value is -1.26. The molecule has 2 aromatic heterocycles. The molecular formula is C13H17N3S. The van der Waals surface area contributed by atoms with Gasteiger partial charge in [0.15, 0.2) is 0 Å².